The van der Waals surface area contributed by atoms with Crippen molar-refractivity contribution in [3.05, 3.63) is 260 Å². The molecule has 3 amide bonds. The monoisotopic (exact) mass is 1830 g/mol. The molecule has 9 aliphatic rings. The van der Waals surface area contributed by atoms with Crippen LogP contribution >= 0.6 is 0 Å². The molecule has 0 bridgehead atoms. The molecule has 22 nitrogen and oxygen atoms in total. The largest absolute Gasteiger partial charge is 0.478 e. The van der Waals surface area contributed by atoms with E-state index in [1.54, 1.807) is 28.6 Å². The average Bonchev–Trinajstić information content (AvgIpc) is 1.43. The van der Waals surface area contributed by atoms with E-state index >= 15 is 0 Å². The summed E-state index contributed by atoms with van der Waals surface area (Å²) in [5.74, 6) is -4.96. The normalized spacial score (nSPS) is 17.5. The van der Waals surface area contributed by atoms with Gasteiger partial charge in [-0.1, -0.05) is 135 Å². The van der Waals surface area contributed by atoms with Crippen LogP contribution in [-0.2, 0) is 35.0 Å². The van der Waals surface area contributed by atoms with Crippen LogP contribution < -0.4 is 65.8 Å². The number of anilines is 6. The van der Waals surface area contributed by atoms with Crippen molar-refractivity contribution in [3.8, 4) is 0 Å². The van der Waals surface area contributed by atoms with Gasteiger partial charge in [0.25, 0.3) is 17.7 Å². The number of aliphatic hydroxyl groups excluding tert-OH is 1. The zero-order valence-corrected chi connectivity index (χ0v) is 81.7. The smallest absolute Gasteiger partial charge is 0.341 e. The average molecular weight is 1830 g/mol. The number of aromatic carboxylic acids is 2. The first-order valence-corrected chi connectivity index (χ1v) is 55.4. The molecule has 25 heteroatoms. The van der Waals surface area contributed by atoms with Crippen molar-refractivity contribution >= 4 is 137 Å². The first-order valence-electron chi connectivity index (χ1n) is 48.1. The Kier molecular flexibility index (Phi) is 28.6. The fourth-order valence-electron chi connectivity index (χ4n) is 22.7. The van der Waals surface area contributed by atoms with Crippen LogP contribution in [0, 0.1) is 0 Å². The lowest BCUT2D eigenvalue weighted by atomic mass is 9.78. The third kappa shape index (κ3) is 17.1. The first kappa shape index (κ1) is 94.7. The number of hydrogen-bond donors (Lipinski definition) is 4. The molecule has 1 atom stereocenters. The molecule has 132 heavy (non-hydrogen) atoms. The number of carboxylic acids is 2. The van der Waals surface area contributed by atoms with Gasteiger partial charge in [0.2, 0.25) is 6.29 Å². The molecule has 9 heterocycles. The summed E-state index contributed by atoms with van der Waals surface area (Å²) in [4.78, 5) is 114. The standard InChI is InChI=1S/C40H46N4O5Si.C34H40N2O4Si.C24H36N2Si.C9H6O5/c1-5-42(6-2)28-13-16-32-34(25-28)50(22-10-9-11-23-50)35-26-29(43(7-3)8-4)14-17-33(35)40(32)31-15-12-27(24-30(31)39(48)49-40)38(47)41-20-21-44-36(45)18-19-37(44)46;1-5-35(6-2)24-13-16-28-30(21-24)41(18-10-9-11-19-41)31-22-25(36(7-3)8-4)14-17-29(31)34(28)27-15-12-23(32(37)38)20-26(27)33(39)40-34;1-5-25(4)21-13-11-15-23(19-21)27(17-9-8-10-18-27)24-16-12-14-22(20-24)26(6-2)7-3;10-7(11)4-1-2-5-6(3-4)9(13)14-8(5)12/h12-19,24-26H,5-11,20-23H2,1-4H3,(H,41,47);12-17,20-22H,5-11,18-19H2,1-4H3,(H,37,38);11-16,19-20H,5-10,17-18H2,1-4H3;1-3,8,12H,(H,10,11). The van der Waals surface area contributed by atoms with E-state index in [9.17, 15) is 48.6 Å². The summed E-state index contributed by atoms with van der Waals surface area (Å²) >= 11 is 0. The number of amides is 3. The summed E-state index contributed by atoms with van der Waals surface area (Å²) in [6.07, 6.45) is 12.6. The third-order valence-corrected chi connectivity index (χ3v) is 45.7. The second-order valence-corrected chi connectivity index (χ2v) is 48.9. The van der Waals surface area contributed by atoms with E-state index in [2.05, 4.69) is 244 Å². The molecule has 9 aromatic rings. The maximum atomic E-state index is 14.0. The molecule has 0 aromatic heterocycles. The number of carbonyl (C=O) groups excluding carboxylic acids is 6. The number of imide groups is 1. The second kappa shape index (κ2) is 39.9. The Bertz CT molecular complexity index is 5770. The summed E-state index contributed by atoms with van der Waals surface area (Å²) in [7, 11) is -3.98. The number of carbonyl (C=O) groups is 8. The van der Waals surface area contributed by atoms with Crippen LogP contribution in [0.4, 0.5) is 34.1 Å². The summed E-state index contributed by atoms with van der Waals surface area (Å²) < 4.78 is 17.7. The molecular weight excluding hydrogens is 1710 g/mol. The van der Waals surface area contributed by atoms with Crippen LogP contribution in [0.3, 0.4) is 0 Å². The predicted octanol–water partition coefficient (Wildman–Crippen LogP) is 15.4. The lowest BCUT2D eigenvalue weighted by molar-refractivity contribution is -0.136. The van der Waals surface area contributed by atoms with Gasteiger partial charge in [-0.15, -0.1) is 0 Å². The van der Waals surface area contributed by atoms with Gasteiger partial charge in [0.05, 0.1) is 27.8 Å². The molecule has 9 aliphatic heterocycles. The van der Waals surface area contributed by atoms with Gasteiger partial charge < -0.3 is 64.2 Å². The lowest BCUT2D eigenvalue weighted by Crippen LogP contribution is -2.67. The van der Waals surface area contributed by atoms with Crippen molar-refractivity contribution in [2.75, 3.05) is 122 Å². The van der Waals surface area contributed by atoms with Gasteiger partial charge in [-0.3, -0.25) is 19.3 Å². The number of cyclic esters (lactones) is 1. The van der Waals surface area contributed by atoms with Crippen molar-refractivity contribution in [3.63, 3.8) is 0 Å². The number of ether oxygens (including phenoxy) is 3. The summed E-state index contributed by atoms with van der Waals surface area (Å²) in [6.45, 7) is 35.0. The van der Waals surface area contributed by atoms with E-state index in [-0.39, 0.29) is 35.7 Å². The summed E-state index contributed by atoms with van der Waals surface area (Å²) in [5.41, 5.74) is 12.7. The number of fused-ring (bicyclic) bond motifs is 17. The minimum atomic E-state index is -2.28. The fraction of sp³-hybridized carbons (Fsp3) is 0.402. The van der Waals surface area contributed by atoms with Gasteiger partial charge >= 0.3 is 29.8 Å². The highest BCUT2D eigenvalue weighted by Crippen LogP contribution is 2.54. The lowest BCUT2D eigenvalue weighted by Gasteiger charge is -2.48. The topological polar surface area (TPSA) is 260 Å². The van der Waals surface area contributed by atoms with Gasteiger partial charge in [0, 0.05) is 183 Å². The molecule has 0 radical (unpaired) electrons. The van der Waals surface area contributed by atoms with Gasteiger partial charge in [0.1, 0.15) is 24.2 Å². The van der Waals surface area contributed by atoms with Crippen molar-refractivity contribution in [2.24, 2.45) is 0 Å². The van der Waals surface area contributed by atoms with E-state index < -0.39 is 83.4 Å². The molecule has 3 saturated heterocycles. The highest BCUT2D eigenvalue weighted by Gasteiger charge is 2.61. The first-order chi connectivity index (χ1) is 63.8. The maximum absolute atomic E-state index is 14.0. The zero-order valence-electron chi connectivity index (χ0n) is 78.7. The van der Waals surface area contributed by atoms with Crippen LogP contribution in [-0.4, -0.2) is 184 Å². The molecule has 4 N–H and O–H groups in total. The summed E-state index contributed by atoms with van der Waals surface area (Å²) in [5, 5.41) is 39.1. The molecule has 0 saturated carbocycles. The minimum absolute atomic E-state index is 0.00481. The Morgan fingerprint density at radius 3 is 1.09 bits per heavy atom. The van der Waals surface area contributed by atoms with Crippen molar-refractivity contribution in [1.29, 1.82) is 0 Å². The number of benzene rings is 9. The molecule has 18 rings (SSSR count). The van der Waals surface area contributed by atoms with Crippen LogP contribution in [0.5, 0.6) is 0 Å². The second-order valence-electron chi connectivity index (χ2n) is 36.1. The van der Waals surface area contributed by atoms with Crippen LogP contribution in [0.1, 0.15) is 241 Å². The SMILES string of the molecule is CCN(C)c1cccc([Si]2(c3cccc(N(CC)CC)c3)CCCCC2)c1.CCN(CC)c1ccc2c(c1)[Si]1(CCCCC1)c1cc(N(CC)CC)ccc1C21OC(=O)c2cc(C(=O)NCCN3C(=O)C=CC3=O)ccc21.CCN(CC)c1ccc2c(c1)[Si]1(CCCCC1)c1cc(N(CC)CC)ccc1C21OC(=O)c2cc(C(=O)O)ccc21.O=C(O)c1ccc2c(c1)C(=O)OC2O. The Morgan fingerprint density at radius 2 is 0.712 bits per heavy atom. The summed E-state index contributed by atoms with van der Waals surface area (Å²) in [6, 6.07) is 67.9. The minimum Gasteiger partial charge on any atom is -0.478 e. The molecule has 4 spiro atoms. The van der Waals surface area contributed by atoms with Gasteiger partial charge in [-0.25, -0.2) is 24.0 Å². The number of esters is 3. The van der Waals surface area contributed by atoms with Gasteiger partial charge in [0.15, 0.2) is 11.2 Å². The quantitative estimate of drug-likeness (QED) is 0.0179. The number of aliphatic hydroxyl groups is 1. The van der Waals surface area contributed by atoms with Crippen molar-refractivity contribution in [2.45, 2.75) is 188 Å². The Hall–Kier alpha value is -11.9. The van der Waals surface area contributed by atoms with Gasteiger partial charge in [-0.2, -0.15) is 0 Å². The molecule has 1 unspecified atom stereocenters. The van der Waals surface area contributed by atoms with Crippen LogP contribution in [0.15, 0.2) is 188 Å². The molecule has 0 aliphatic carbocycles. The fourth-order valence-corrected chi connectivity index (χ4v) is 39.3. The molecule has 3 fully saturated rings. The Morgan fingerprint density at radius 1 is 0.379 bits per heavy atom. The zero-order chi connectivity index (χ0) is 93.7. The predicted molar refractivity (Wildman–Crippen MR) is 533 cm³/mol. The number of nitrogens with zero attached hydrogens (tertiary/aromatic N) is 7. The maximum Gasteiger partial charge on any atom is 0.341 e. The van der Waals surface area contributed by atoms with E-state index in [1.165, 1.54) is 173 Å². The Balaban J connectivity index is 0.000000145. The van der Waals surface area contributed by atoms with E-state index in [0.29, 0.717) is 22.3 Å². The molecular formula is C107H128N8O14Si3. The number of rotatable bonds is 25. The van der Waals surface area contributed by atoms with E-state index in [0.717, 1.165) is 122 Å². The van der Waals surface area contributed by atoms with Crippen molar-refractivity contribution in [1.82, 2.24) is 10.2 Å². The number of nitrogens with one attached hydrogen (secondary N) is 1. The molecule has 9 aromatic carbocycles. The molecule has 692 valence electrons. The van der Waals surface area contributed by atoms with Gasteiger partial charge in [-0.05, 0) is 242 Å². The highest BCUT2D eigenvalue weighted by atomic mass is 28.3. The van der Waals surface area contributed by atoms with Crippen molar-refractivity contribution < 1.29 is 67.9 Å². The Labute approximate surface area is 780 Å². The highest BCUT2D eigenvalue weighted by molar-refractivity contribution is 7.04. The number of hydrogen-bond acceptors (Lipinski definition) is 18. The number of carboxylic acid groups (broad SMARTS) is 2. The van der Waals surface area contributed by atoms with Crippen LogP contribution in [0.2, 0.25) is 36.3 Å². The van der Waals surface area contributed by atoms with E-state index in [4.69, 9.17) is 14.6 Å². The van der Waals surface area contributed by atoms with Crippen LogP contribution in [0.25, 0.3) is 0 Å². The third-order valence-electron chi connectivity index (χ3n) is 29.8. The van der Waals surface area contributed by atoms with E-state index in [1.807, 2.05) is 12.1 Å².